The van der Waals surface area contributed by atoms with Gasteiger partial charge < -0.3 is 14.8 Å². The van der Waals surface area contributed by atoms with Crippen molar-refractivity contribution in [2.75, 3.05) is 26.2 Å². The first-order chi connectivity index (χ1) is 12.9. The number of carbonyl (C=O) groups excluding carboxylic acids is 1. The number of hydrogen-bond donors (Lipinski definition) is 1. The molecule has 1 aromatic heterocycles. The summed E-state index contributed by atoms with van der Waals surface area (Å²) in [4.78, 5) is 15.5. The first-order valence-electron chi connectivity index (χ1n) is 10.2. The highest BCUT2D eigenvalue weighted by molar-refractivity contribution is 7.89. The highest BCUT2D eigenvalue weighted by Crippen LogP contribution is 2.29. The predicted molar refractivity (Wildman–Crippen MR) is 103 cm³/mol. The van der Waals surface area contributed by atoms with E-state index in [1.807, 2.05) is 0 Å². The van der Waals surface area contributed by atoms with Crippen LogP contribution >= 0.6 is 0 Å². The first-order valence-corrected chi connectivity index (χ1v) is 11.6. The Bertz CT molecular complexity index is 786. The number of nitrogens with one attached hydrogen (secondary N) is 1. The lowest BCUT2D eigenvalue weighted by Crippen LogP contribution is -2.45. The molecule has 3 fully saturated rings. The van der Waals surface area contributed by atoms with Crippen LogP contribution in [0.5, 0.6) is 0 Å². The summed E-state index contributed by atoms with van der Waals surface area (Å²) in [7, 11) is -1.78. The van der Waals surface area contributed by atoms with E-state index < -0.39 is 10.0 Å². The van der Waals surface area contributed by atoms with Crippen LogP contribution in [-0.4, -0.2) is 66.4 Å². The number of aromatic nitrogens is 1. The van der Waals surface area contributed by atoms with Crippen molar-refractivity contribution in [1.29, 1.82) is 0 Å². The van der Waals surface area contributed by atoms with Crippen LogP contribution in [0.15, 0.2) is 17.2 Å². The number of likely N-dealkylation sites (tertiary alicyclic amines) is 1. The summed E-state index contributed by atoms with van der Waals surface area (Å²) < 4.78 is 28.9. The molecule has 3 heterocycles. The molecular weight excluding hydrogens is 364 g/mol. The largest absolute Gasteiger partial charge is 0.348 e. The molecule has 27 heavy (non-hydrogen) atoms. The third-order valence-corrected chi connectivity index (χ3v) is 7.96. The van der Waals surface area contributed by atoms with E-state index in [2.05, 4.69) is 10.2 Å². The van der Waals surface area contributed by atoms with Crippen molar-refractivity contribution < 1.29 is 13.2 Å². The minimum atomic E-state index is -3.51. The maximum Gasteiger partial charge on any atom is 0.268 e. The van der Waals surface area contributed by atoms with Gasteiger partial charge in [0.2, 0.25) is 10.0 Å². The molecule has 7 nitrogen and oxygen atoms in total. The second-order valence-electron chi connectivity index (χ2n) is 8.15. The number of rotatable bonds is 5. The summed E-state index contributed by atoms with van der Waals surface area (Å²) in [6.45, 7) is 3.21. The van der Waals surface area contributed by atoms with Gasteiger partial charge in [0, 0.05) is 51.5 Å². The SMILES string of the molecule is Cn1cc(S(=O)(=O)N2CCCCC2)cc1C(=O)NC1CCN(C2CC2)CC1. The van der Waals surface area contributed by atoms with Crippen LogP contribution in [0.2, 0.25) is 0 Å². The summed E-state index contributed by atoms with van der Waals surface area (Å²) in [6, 6.07) is 2.47. The van der Waals surface area contributed by atoms with Crippen LogP contribution in [0.3, 0.4) is 0 Å². The van der Waals surface area contributed by atoms with Gasteiger partial charge in [0.05, 0.1) is 0 Å². The first kappa shape index (κ1) is 19.0. The van der Waals surface area contributed by atoms with Crippen molar-refractivity contribution in [3.63, 3.8) is 0 Å². The Labute approximate surface area is 161 Å². The van der Waals surface area contributed by atoms with Gasteiger partial charge in [-0.2, -0.15) is 4.31 Å². The minimum Gasteiger partial charge on any atom is -0.348 e. The molecule has 8 heteroatoms. The molecule has 2 saturated heterocycles. The van der Waals surface area contributed by atoms with Crippen molar-refractivity contribution in [1.82, 2.24) is 19.1 Å². The molecule has 0 bridgehead atoms. The zero-order chi connectivity index (χ0) is 19.0. The fraction of sp³-hybridized carbons (Fsp3) is 0.737. The number of aryl methyl sites for hydroxylation is 1. The highest BCUT2D eigenvalue weighted by atomic mass is 32.2. The third kappa shape index (κ3) is 4.07. The summed E-state index contributed by atoms with van der Waals surface area (Å²) in [5, 5.41) is 3.11. The van der Waals surface area contributed by atoms with E-state index in [4.69, 9.17) is 0 Å². The lowest BCUT2D eigenvalue weighted by Gasteiger charge is -2.32. The number of sulfonamides is 1. The second kappa shape index (κ2) is 7.56. The van der Waals surface area contributed by atoms with Crippen LogP contribution in [-0.2, 0) is 17.1 Å². The van der Waals surface area contributed by atoms with Crippen molar-refractivity contribution in [2.24, 2.45) is 7.05 Å². The van der Waals surface area contributed by atoms with E-state index in [0.717, 1.165) is 51.2 Å². The molecular formula is C19H30N4O3S. The van der Waals surface area contributed by atoms with E-state index in [-0.39, 0.29) is 16.8 Å². The summed E-state index contributed by atoms with van der Waals surface area (Å²) in [5.41, 5.74) is 0.412. The van der Waals surface area contributed by atoms with Gasteiger partial charge in [0.25, 0.3) is 5.91 Å². The molecule has 0 spiro atoms. The Balaban J connectivity index is 1.40. The lowest BCUT2D eigenvalue weighted by molar-refractivity contribution is 0.0901. The van der Waals surface area contributed by atoms with E-state index in [1.54, 1.807) is 22.1 Å². The van der Waals surface area contributed by atoms with Crippen LogP contribution in [0, 0.1) is 0 Å². The monoisotopic (exact) mass is 394 g/mol. The van der Waals surface area contributed by atoms with Gasteiger partial charge in [-0.1, -0.05) is 6.42 Å². The number of carbonyl (C=O) groups is 1. The molecule has 0 aromatic carbocycles. The molecule has 1 aliphatic carbocycles. The fourth-order valence-electron chi connectivity index (χ4n) is 4.26. The van der Waals surface area contributed by atoms with Crippen LogP contribution in [0.4, 0.5) is 0 Å². The number of piperidine rings is 2. The van der Waals surface area contributed by atoms with E-state index in [0.29, 0.717) is 18.8 Å². The predicted octanol–water partition coefficient (Wildman–Crippen LogP) is 1.56. The molecule has 0 unspecified atom stereocenters. The molecule has 1 N–H and O–H groups in total. The molecule has 1 amide bonds. The zero-order valence-corrected chi connectivity index (χ0v) is 16.9. The van der Waals surface area contributed by atoms with Crippen molar-refractivity contribution in [2.45, 2.75) is 61.9 Å². The van der Waals surface area contributed by atoms with E-state index in [1.165, 1.54) is 18.9 Å². The van der Waals surface area contributed by atoms with E-state index >= 15 is 0 Å². The summed E-state index contributed by atoms with van der Waals surface area (Å²) >= 11 is 0. The molecule has 0 atom stereocenters. The van der Waals surface area contributed by atoms with Crippen molar-refractivity contribution >= 4 is 15.9 Å². The fourth-order valence-corrected chi connectivity index (χ4v) is 5.85. The number of hydrogen-bond acceptors (Lipinski definition) is 4. The lowest BCUT2D eigenvalue weighted by atomic mass is 10.0. The zero-order valence-electron chi connectivity index (χ0n) is 16.1. The van der Waals surface area contributed by atoms with Gasteiger partial charge in [-0.25, -0.2) is 8.42 Å². The molecule has 150 valence electrons. The van der Waals surface area contributed by atoms with Gasteiger partial charge in [0.15, 0.2) is 0 Å². The van der Waals surface area contributed by atoms with Gasteiger partial charge in [-0.05, 0) is 44.6 Å². The topological polar surface area (TPSA) is 74.6 Å². The Kier molecular flexibility index (Phi) is 5.31. The van der Waals surface area contributed by atoms with Crippen LogP contribution in [0.25, 0.3) is 0 Å². The van der Waals surface area contributed by atoms with Crippen molar-refractivity contribution in [3.8, 4) is 0 Å². The maximum absolute atomic E-state index is 12.8. The average molecular weight is 395 g/mol. The summed E-state index contributed by atoms with van der Waals surface area (Å²) in [5.74, 6) is -0.178. The number of nitrogens with zero attached hydrogens (tertiary/aromatic N) is 3. The standard InChI is InChI=1S/C19H30N4O3S/c1-21-14-17(27(25,26)23-9-3-2-4-10-23)13-18(21)19(24)20-15-7-11-22(12-8-15)16-5-6-16/h13-16H,2-12H2,1H3,(H,20,24). The molecule has 3 aliphatic rings. The normalized spacial score (nSPS) is 23.4. The van der Waals surface area contributed by atoms with Crippen molar-refractivity contribution in [3.05, 3.63) is 18.0 Å². The number of amides is 1. The summed E-state index contributed by atoms with van der Waals surface area (Å²) in [6.07, 6.45) is 9.00. The molecule has 2 aliphatic heterocycles. The van der Waals surface area contributed by atoms with Gasteiger partial charge in [0.1, 0.15) is 10.6 Å². The smallest absolute Gasteiger partial charge is 0.268 e. The second-order valence-corrected chi connectivity index (χ2v) is 10.1. The Hall–Kier alpha value is -1.38. The maximum atomic E-state index is 12.8. The van der Waals surface area contributed by atoms with Crippen LogP contribution < -0.4 is 5.32 Å². The van der Waals surface area contributed by atoms with Crippen LogP contribution in [0.1, 0.15) is 55.4 Å². The van der Waals surface area contributed by atoms with Gasteiger partial charge >= 0.3 is 0 Å². The molecule has 0 radical (unpaired) electrons. The quantitative estimate of drug-likeness (QED) is 0.822. The highest BCUT2D eigenvalue weighted by Gasteiger charge is 2.33. The Morgan fingerprint density at radius 3 is 2.33 bits per heavy atom. The van der Waals surface area contributed by atoms with Gasteiger partial charge in [-0.3, -0.25) is 4.79 Å². The van der Waals surface area contributed by atoms with Gasteiger partial charge in [-0.15, -0.1) is 0 Å². The Morgan fingerprint density at radius 2 is 1.70 bits per heavy atom. The van der Waals surface area contributed by atoms with E-state index in [9.17, 15) is 13.2 Å². The molecule has 4 rings (SSSR count). The minimum absolute atomic E-state index is 0.171. The molecule has 1 aromatic rings. The Morgan fingerprint density at radius 1 is 1.04 bits per heavy atom. The molecule has 1 saturated carbocycles. The third-order valence-electron chi connectivity index (χ3n) is 6.09. The average Bonchev–Trinajstić information content (AvgIpc) is 3.44.